The van der Waals surface area contributed by atoms with Crippen LogP contribution in [0.25, 0.3) is 0 Å². The Bertz CT molecular complexity index is 568. The summed E-state index contributed by atoms with van der Waals surface area (Å²) in [6.07, 6.45) is 14.3. The van der Waals surface area contributed by atoms with Crippen molar-refractivity contribution in [1.82, 2.24) is 0 Å². The van der Waals surface area contributed by atoms with Gasteiger partial charge in [-0.3, -0.25) is 4.79 Å². The minimum absolute atomic E-state index is 0.330. The topological polar surface area (TPSA) is 17.1 Å². The van der Waals surface area contributed by atoms with Gasteiger partial charge in [0.05, 0.1) is 0 Å². The Kier molecular flexibility index (Phi) is 3.23. The Balaban J connectivity index is 1.70. The first-order chi connectivity index (χ1) is 10.5. The summed E-state index contributed by atoms with van der Waals surface area (Å²) in [5.74, 6) is 3.00. The summed E-state index contributed by atoms with van der Waals surface area (Å²) in [6, 6.07) is 0. The number of allylic oxidation sites excluding steroid dienone is 3. The molecule has 1 heteroatoms. The van der Waals surface area contributed by atoms with Gasteiger partial charge in [-0.1, -0.05) is 31.1 Å². The molecular weight excluding hydrogens is 268 g/mol. The average molecular weight is 298 g/mol. The van der Waals surface area contributed by atoms with Crippen LogP contribution in [0.1, 0.15) is 72.1 Å². The summed E-state index contributed by atoms with van der Waals surface area (Å²) in [5, 5.41) is 0. The van der Waals surface area contributed by atoms with Crippen molar-refractivity contribution in [3.63, 3.8) is 0 Å². The largest absolute Gasteiger partial charge is 0.295 e. The Morgan fingerprint density at radius 1 is 1.00 bits per heavy atom. The quantitative estimate of drug-likeness (QED) is 0.542. The molecule has 22 heavy (non-hydrogen) atoms. The van der Waals surface area contributed by atoms with Crippen LogP contribution in [0.2, 0.25) is 0 Å². The fraction of sp³-hybridized carbons (Fsp3) is 0.762. The molecule has 0 amide bonds. The molecule has 4 aliphatic rings. The van der Waals surface area contributed by atoms with Gasteiger partial charge in [-0.25, -0.2) is 0 Å². The highest BCUT2D eigenvalue weighted by Gasteiger charge is 2.57. The van der Waals surface area contributed by atoms with E-state index in [0.717, 1.165) is 30.6 Å². The van der Waals surface area contributed by atoms with E-state index < -0.39 is 0 Å². The molecule has 0 heterocycles. The molecule has 1 nitrogen and oxygen atoms in total. The first-order valence-corrected chi connectivity index (χ1v) is 9.38. The molecule has 0 aromatic heterocycles. The highest BCUT2D eigenvalue weighted by molar-refractivity contribution is 5.91. The summed E-state index contributed by atoms with van der Waals surface area (Å²) < 4.78 is 0. The molecule has 3 fully saturated rings. The zero-order chi connectivity index (χ0) is 15.5. The van der Waals surface area contributed by atoms with E-state index >= 15 is 0 Å². The number of fused-ring (bicyclic) bond motifs is 5. The molecule has 5 atom stereocenters. The van der Waals surface area contributed by atoms with Gasteiger partial charge in [0, 0.05) is 6.42 Å². The maximum Gasteiger partial charge on any atom is 0.155 e. The van der Waals surface area contributed by atoms with Gasteiger partial charge in [-0.2, -0.15) is 0 Å². The minimum Gasteiger partial charge on any atom is -0.295 e. The molecule has 3 saturated carbocycles. The van der Waals surface area contributed by atoms with E-state index in [9.17, 15) is 4.79 Å². The molecule has 0 spiro atoms. The maximum atomic E-state index is 11.9. The molecule has 120 valence electrons. The second-order valence-corrected chi connectivity index (χ2v) is 8.78. The zero-order valence-corrected chi connectivity index (χ0v) is 14.5. The van der Waals surface area contributed by atoms with Crippen molar-refractivity contribution in [1.29, 1.82) is 0 Å². The van der Waals surface area contributed by atoms with Crippen LogP contribution in [-0.4, -0.2) is 5.78 Å². The molecule has 0 bridgehead atoms. The predicted molar refractivity (Wildman–Crippen MR) is 90.5 cm³/mol. The molecule has 0 radical (unpaired) electrons. The monoisotopic (exact) mass is 298 g/mol. The Morgan fingerprint density at radius 3 is 2.55 bits per heavy atom. The number of carbonyl (C=O) groups is 1. The predicted octanol–water partition coefficient (Wildman–Crippen LogP) is 5.46. The van der Waals surface area contributed by atoms with Gasteiger partial charge in [0.25, 0.3) is 0 Å². The summed E-state index contributed by atoms with van der Waals surface area (Å²) >= 11 is 0. The van der Waals surface area contributed by atoms with Crippen LogP contribution >= 0.6 is 0 Å². The Morgan fingerprint density at radius 2 is 1.77 bits per heavy atom. The molecule has 4 aliphatic carbocycles. The normalized spacial score (nSPS) is 49.4. The summed E-state index contributed by atoms with van der Waals surface area (Å²) in [5.41, 5.74) is 4.05. The first kappa shape index (κ1) is 14.7. The van der Waals surface area contributed by atoms with Gasteiger partial charge < -0.3 is 0 Å². The smallest absolute Gasteiger partial charge is 0.155 e. The van der Waals surface area contributed by atoms with E-state index in [4.69, 9.17) is 0 Å². The van der Waals surface area contributed by atoms with Gasteiger partial charge in [-0.05, 0) is 86.5 Å². The van der Waals surface area contributed by atoms with E-state index in [-0.39, 0.29) is 0 Å². The van der Waals surface area contributed by atoms with Crippen molar-refractivity contribution < 1.29 is 4.79 Å². The summed E-state index contributed by atoms with van der Waals surface area (Å²) in [6.45, 7) is 7.27. The van der Waals surface area contributed by atoms with E-state index in [1.165, 1.54) is 44.1 Å². The van der Waals surface area contributed by atoms with Crippen LogP contribution in [0.5, 0.6) is 0 Å². The third kappa shape index (κ3) is 1.80. The minimum atomic E-state index is 0.330. The third-order valence-electron chi connectivity index (χ3n) is 8.16. The van der Waals surface area contributed by atoms with Crippen molar-refractivity contribution in [2.24, 2.45) is 28.6 Å². The van der Waals surface area contributed by atoms with Gasteiger partial charge in [0.1, 0.15) is 0 Å². The van der Waals surface area contributed by atoms with E-state index in [2.05, 4.69) is 26.8 Å². The van der Waals surface area contributed by atoms with Gasteiger partial charge in [0.15, 0.2) is 5.78 Å². The van der Waals surface area contributed by atoms with Crippen LogP contribution in [0.15, 0.2) is 23.3 Å². The van der Waals surface area contributed by atoms with Crippen molar-refractivity contribution >= 4 is 5.78 Å². The second-order valence-electron chi connectivity index (χ2n) is 8.78. The van der Waals surface area contributed by atoms with E-state index in [1.54, 1.807) is 5.57 Å². The molecule has 0 saturated heterocycles. The van der Waals surface area contributed by atoms with Crippen LogP contribution in [0.3, 0.4) is 0 Å². The highest BCUT2D eigenvalue weighted by atomic mass is 16.1. The molecule has 0 aliphatic heterocycles. The fourth-order valence-corrected chi connectivity index (χ4v) is 6.88. The number of carbonyl (C=O) groups excluding carboxylic acids is 1. The summed E-state index contributed by atoms with van der Waals surface area (Å²) in [7, 11) is 0. The van der Waals surface area contributed by atoms with Crippen LogP contribution in [0.4, 0.5) is 0 Å². The Labute approximate surface area is 135 Å². The molecule has 0 aromatic carbocycles. The van der Waals surface area contributed by atoms with Gasteiger partial charge >= 0.3 is 0 Å². The molecule has 0 N–H and O–H groups in total. The molecule has 4 rings (SSSR count). The molecule has 0 aromatic rings. The lowest BCUT2D eigenvalue weighted by Crippen LogP contribution is -2.49. The van der Waals surface area contributed by atoms with Crippen LogP contribution in [-0.2, 0) is 4.79 Å². The lowest BCUT2D eigenvalue weighted by molar-refractivity contribution is -0.117. The van der Waals surface area contributed by atoms with Crippen molar-refractivity contribution in [3.05, 3.63) is 23.3 Å². The second kappa shape index (κ2) is 4.82. The lowest BCUT2D eigenvalue weighted by Gasteiger charge is -2.57. The van der Waals surface area contributed by atoms with Crippen molar-refractivity contribution in [3.8, 4) is 0 Å². The average Bonchev–Trinajstić information content (AvgIpc) is 2.84. The van der Waals surface area contributed by atoms with Gasteiger partial charge in [0.2, 0.25) is 0 Å². The lowest BCUT2D eigenvalue weighted by atomic mass is 9.47. The SMILES string of the molecule is CC=C1CCC2C3CCC4=CC(=O)CC[C@@]4(C)C3CC[C@@]12C. The standard InChI is InChI=1S/C21H30O/c1-4-14-6-8-18-17-7-5-15-13-16(22)9-11-21(15,3)19(17)10-12-20(14,18)2/h4,13,17-19H,5-12H2,1-3H3/t17?,18?,19?,20-,21+/m0/s1. The van der Waals surface area contributed by atoms with Crippen molar-refractivity contribution in [2.45, 2.75) is 72.1 Å². The fourth-order valence-electron chi connectivity index (χ4n) is 6.88. The highest BCUT2D eigenvalue weighted by Crippen LogP contribution is 2.66. The van der Waals surface area contributed by atoms with E-state index in [0.29, 0.717) is 16.6 Å². The number of hydrogen-bond acceptors (Lipinski definition) is 1. The molecule has 3 unspecified atom stereocenters. The van der Waals surface area contributed by atoms with Crippen LogP contribution in [0, 0.1) is 28.6 Å². The van der Waals surface area contributed by atoms with E-state index in [1.807, 2.05) is 6.08 Å². The van der Waals surface area contributed by atoms with Crippen LogP contribution < -0.4 is 0 Å². The van der Waals surface area contributed by atoms with Crippen molar-refractivity contribution in [2.75, 3.05) is 0 Å². The third-order valence-corrected chi connectivity index (χ3v) is 8.16. The molecular formula is C21H30O. The first-order valence-electron chi connectivity index (χ1n) is 9.38. The number of hydrogen-bond donors (Lipinski definition) is 0. The number of rotatable bonds is 0. The summed E-state index contributed by atoms with van der Waals surface area (Å²) in [4.78, 5) is 11.9. The zero-order valence-electron chi connectivity index (χ0n) is 14.5. The number of ketones is 1. The van der Waals surface area contributed by atoms with Gasteiger partial charge in [-0.15, -0.1) is 0 Å². The Hall–Kier alpha value is -0.850. The maximum absolute atomic E-state index is 11.9.